The van der Waals surface area contributed by atoms with Gasteiger partial charge in [-0.3, -0.25) is 9.78 Å². The highest BCUT2D eigenvalue weighted by atomic mass is 17.2. The minimum absolute atomic E-state index is 0.725. The molecule has 0 amide bonds. The van der Waals surface area contributed by atoms with Gasteiger partial charge in [-0.1, -0.05) is 51.0 Å². The van der Waals surface area contributed by atoms with Gasteiger partial charge in [0.1, 0.15) is 0 Å². The van der Waals surface area contributed by atoms with E-state index in [4.69, 9.17) is 9.78 Å². The molecule has 0 aromatic heterocycles. The molecule has 2 nitrogen and oxygen atoms in total. The largest absolute Gasteiger partial charge is 0.290 e. The lowest BCUT2D eigenvalue weighted by Crippen LogP contribution is -2.00. The van der Waals surface area contributed by atoms with Gasteiger partial charge in [-0.25, -0.2) is 0 Å². The van der Waals surface area contributed by atoms with E-state index in [0.29, 0.717) is 0 Å². The third kappa shape index (κ3) is 4.30. The molecule has 0 aliphatic heterocycles. The fourth-order valence-corrected chi connectivity index (χ4v) is 2.10. The molecule has 2 aromatic rings. The van der Waals surface area contributed by atoms with Crippen molar-refractivity contribution in [2.45, 2.75) is 39.5 Å². The van der Waals surface area contributed by atoms with Crippen molar-refractivity contribution < 1.29 is 9.78 Å². The zero-order valence-corrected chi connectivity index (χ0v) is 12.3. The van der Waals surface area contributed by atoms with Gasteiger partial charge >= 0.3 is 0 Å². The Balaban J connectivity index is 1.87. The summed E-state index contributed by atoms with van der Waals surface area (Å²) < 4.78 is 0. The van der Waals surface area contributed by atoms with E-state index in [-0.39, 0.29) is 0 Å². The fraction of sp³-hybridized carbons (Fsp3) is 0.333. The first-order chi connectivity index (χ1) is 9.81. The van der Waals surface area contributed by atoms with Crippen molar-refractivity contribution in [2.24, 2.45) is 0 Å². The van der Waals surface area contributed by atoms with Crippen molar-refractivity contribution in [1.82, 2.24) is 0 Å². The first-order valence-corrected chi connectivity index (χ1v) is 7.34. The zero-order valence-electron chi connectivity index (χ0n) is 12.3. The van der Waals surface area contributed by atoms with E-state index in [1.54, 1.807) is 0 Å². The predicted molar refractivity (Wildman–Crippen MR) is 82.1 cm³/mol. The van der Waals surface area contributed by atoms with E-state index in [1.807, 2.05) is 24.3 Å². The summed E-state index contributed by atoms with van der Waals surface area (Å²) in [5.41, 5.74) is 2.65. The highest BCUT2D eigenvalue weighted by Gasteiger charge is 1.99. The summed E-state index contributed by atoms with van der Waals surface area (Å²) in [5, 5.41) is 0. The van der Waals surface area contributed by atoms with Crippen LogP contribution in [0.2, 0.25) is 0 Å². The first-order valence-electron chi connectivity index (χ1n) is 7.34. The number of hydrogen-bond acceptors (Lipinski definition) is 2. The minimum atomic E-state index is 0.725. The summed E-state index contributed by atoms with van der Waals surface area (Å²) >= 11 is 0. The van der Waals surface area contributed by atoms with Crippen LogP contribution in [-0.4, -0.2) is 0 Å². The molecule has 20 heavy (non-hydrogen) atoms. The third-order valence-electron chi connectivity index (χ3n) is 3.16. The minimum Gasteiger partial charge on any atom is -0.290 e. The van der Waals surface area contributed by atoms with Crippen molar-refractivity contribution in [1.29, 1.82) is 0 Å². The van der Waals surface area contributed by atoms with E-state index in [2.05, 4.69) is 38.1 Å². The van der Waals surface area contributed by atoms with Gasteiger partial charge in [-0.2, -0.15) is 0 Å². The van der Waals surface area contributed by atoms with Gasteiger partial charge in [-0.15, -0.1) is 0 Å². The Labute approximate surface area is 121 Å². The smallest absolute Gasteiger partial charge is 0.178 e. The maximum absolute atomic E-state index is 5.33. The highest BCUT2D eigenvalue weighted by Crippen LogP contribution is 2.17. The topological polar surface area (TPSA) is 18.5 Å². The van der Waals surface area contributed by atoms with Crippen molar-refractivity contribution in [3.63, 3.8) is 0 Å². The van der Waals surface area contributed by atoms with Gasteiger partial charge in [0.15, 0.2) is 11.5 Å². The quantitative estimate of drug-likeness (QED) is 0.522. The molecule has 0 heterocycles. The van der Waals surface area contributed by atoms with Crippen molar-refractivity contribution in [3.05, 3.63) is 59.7 Å². The second kappa shape index (κ2) is 7.59. The molecule has 106 valence electrons. The van der Waals surface area contributed by atoms with E-state index < -0.39 is 0 Å². The lowest BCUT2D eigenvalue weighted by molar-refractivity contribution is -0.0999. The molecular weight excluding hydrogens is 248 g/mol. The van der Waals surface area contributed by atoms with Crippen LogP contribution in [0, 0.1) is 0 Å². The first kappa shape index (κ1) is 14.4. The van der Waals surface area contributed by atoms with Crippen molar-refractivity contribution in [2.75, 3.05) is 0 Å². The lowest BCUT2D eigenvalue weighted by atomic mass is 10.1. The monoisotopic (exact) mass is 270 g/mol. The molecule has 0 atom stereocenters. The standard InChI is InChI=1S/C18H22O2/c1-3-5-15-7-11-17(12-8-15)19-20-18-13-9-16(6-4-2)10-14-18/h7-14H,3-6H2,1-2H3. The molecule has 0 spiro atoms. The maximum Gasteiger partial charge on any atom is 0.178 e. The summed E-state index contributed by atoms with van der Waals surface area (Å²) in [7, 11) is 0. The van der Waals surface area contributed by atoms with Crippen LogP contribution >= 0.6 is 0 Å². The zero-order chi connectivity index (χ0) is 14.2. The van der Waals surface area contributed by atoms with Gasteiger partial charge in [0.05, 0.1) is 0 Å². The molecule has 2 heteroatoms. The van der Waals surface area contributed by atoms with Crippen LogP contribution in [0.4, 0.5) is 0 Å². The number of aryl methyl sites for hydroxylation is 2. The van der Waals surface area contributed by atoms with E-state index in [1.165, 1.54) is 11.1 Å². The predicted octanol–water partition coefficient (Wildman–Crippen LogP) is 4.96. The Morgan fingerprint density at radius 1 is 0.600 bits per heavy atom. The van der Waals surface area contributed by atoms with Crippen molar-refractivity contribution >= 4 is 0 Å². The molecule has 2 rings (SSSR count). The summed E-state index contributed by atoms with van der Waals surface area (Å²) in [6, 6.07) is 16.1. The van der Waals surface area contributed by atoms with Gasteiger partial charge < -0.3 is 0 Å². The van der Waals surface area contributed by atoms with Crippen LogP contribution < -0.4 is 9.78 Å². The Morgan fingerprint density at radius 3 is 1.25 bits per heavy atom. The molecule has 0 unspecified atom stereocenters. The number of rotatable bonds is 7. The summed E-state index contributed by atoms with van der Waals surface area (Å²) in [6.07, 6.45) is 4.50. The average Bonchev–Trinajstić information content (AvgIpc) is 2.49. The van der Waals surface area contributed by atoms with E-state index in [9.17, 15) is 0 Å². The molecular formula is C18H22O2. The van der Waals surface area contributed by atoms with E-state index in [0.717, 1.165) is 37.2 Å². The van der Waals surface area contributed by atoms with Gasteiger partial charge in [-0.05, 0) is 48.2 Å². The van der Waals surface area contributed by atoms with Crippen LogP contribution in [0.5, 0.6) is 11.5 Å². The molecule has 0 saturated heterocycles. The van der Waals surface area contributed by atoms with Crippen LogP contribution in [0.15, 0.2) is 48.5 Å². The Kier molecular flexibility index (Phi) is 5.48. The summed E-state index contributed by atoms with van der Waals surface area (Å²) in [4.78, 5) is 10.7. The molecule has 0 N–H and O–H groups in total. The second-order valence-corrected chi connectivity index (χ2v) is 4.95. The third-order valence-corrected chi connectivity index (χ3v) is 3.16. The molecule has 0 bridgehead atoms. The summed E-state index contributed by atoms with van der Waals surface area (Å²) in [5.74, 6) is 1.45. The van der Waals surface area contributed by atoms with Crippen LogP contribution in [0.3, 0.4) is 0 Å². The number of hydrogen-bond donors (Lipinski definition) is 0. The molecule has 0 aliphatic rings. The summed E-state index contributed by atoms with van der Waals surface area (Å²) in [6.45, 7) is 4.35. The Hall–Kier alpha value is -1.96. The molecule has 0 radical (unpaired) electrons. The molecule has 2 aromatic carbocycles. The lowest BCUT2D eigenvalue weighted by Gasteiger charge is -2.07. The van der Waals surface area contributed by atoms with Crippen molar-refractivity contribution in [3.8, 4) is 11.5 Å². The van der Waals surface area contributed by atoms with Crippen LogP contribution in [0.25, 0.3) is 0 Å². The van der Waals surface area contributed by atoms with Gasteiger partial charge in [0, 0.05) is 0 Å². The van der Waals surface area contributed by atoms with Gasteiger partial charge in [0.25, 0.3) is 0 Å². The fourth-order valence-electron chi connectivity index (χ4n) is 2.10. The highest BCUT2D eigenvalue weighted by molar-refractivity contribution is 5.29. The molecule has 0 aliphatic carbocycles. The van der Waals surface area contributed by atoms with E-state index >= 15 is 0 Å². The molecule has 0 fully saturated rings. The number of benzene rings is 2. The Bertz CT molecular complexity index is 450. The van der Waals surface area contributed by atoms with Gasteiger partial charge in [0.2, 0.25) is 0 Å². The maximum atomic E-state index is 5.33. The van der Waals surface area contributed by atoms with Crippen LogP contribution in [0.1, 0.15) is 37.8 Å². The average molecular weight is 270 g/mol. The molecule has 0 saturated carbocycles. The van der Waals surface area contributed by atoms with Crippen LogP contribution in [-0.2, 0) is 12.8 Å². The second-order valence-electron chi connectivity index (χ2n) is 4.95. The Morgan fingerprint density at radius 2 is 0.950 bits per heavy atom. The normalized spacial score (nSPS) is 10.3. The SMILES string of the molecule is CCCc1ccc(OOc2ccc(CCC)cc2)cc1.